The molecule has 0 unspecified atom stereocenters. The van der Waals surface area contributed by atoms with Crippen LogP contribution in [0.15, 0.2) is 12.2 Å². The number of amides is 2. The van der Waals surface area contributed by atoms with E-state index in [2.05, 4.69) is 0 Å². The van der Waals surface area contributed by atoms with Crippen molar-refractivity contribution in [2.45, 2.75) is 32.2 Å². The second-order valence-electron chi connectivity index (χ2n) is 4.63. The van der Waals surface area contributed by atoms with Gasteiger partial charge in [0, 0.05) is 0 Å². The number of rotatable bonds is 2. The highest BCUT2D eigenvalue weighted by molar-refractivity contribution is 6.05. The first-order valence-electron chi connectivity index (χ1n) is 5.48. The summed E-state index contributed by atoms with van der Waals surface area (Å²) >= 11 is 0. The first kappa shape index (κ1) is 9.99. The Bertz CT molecular complexity index is 359. The summed E-state index contributed by atoms with van der Waals surface area (Å²) in [6, 6.07) is 0. The number of hydrogen-bond acceptors (Lipinski definition) is 4. The zero-order valence-corrected chi connectivity index (χ0v) is 9.12. The van der Waals surface area contributed by atoms with Crippen LogP contribution in [0.3, 0.4) is 0 Å². The SMILES string of the molecule is CC(C)ON1C(=O)[C@@H]2[C@@H](C1=O)[C@H]1C=C[C@H]2O1. The van der Waals surface area contributed by atoms with Crippen LogP contribution in [0.4, 0.5) is 0 Å². The van der Waals surface area contributed by atoms with E-state index in [1.807, 2.05) is 12.2 Å². The lowest BCUT2D eigenvalue weighted by atomic mass is 9.85. The predicted molar refractivity (Wildman–Crippen MR) is 52.9 cm³/mol. The molecule has 0 spiro atoms. The number of hydroxylamine groups is 2. The molecule has 3 aliphatic rings. The van der Waals surface area contributed by atoms with Crippen molar-refractivity contribution in [1.29, 1.82) is 0 Å². The molecule has 0 aromatic rings. The number of carbonyl (C=O) groups excluding carboxylic acids is 2. The third-order valence-electron chi connectivity index (χ3n) is 3.19. The van der Waals surface area contributed by atoms with E-state index < -0.39 is 0 Å². The van der Waals surface area contributed by atoms with Crippen LogP contribution in [0.1, 0.15) is 13.8 Å². The summed E-state index contributed by atoms with van der Waals surface area (Å²) in [7, 11) is 0. The molecule has 2 amide bonds. The second kappa shape index (κ2) is 3.15. The van der Waals surface area contributed by atoms with E-state index in [0.29, 0.717) is 0 Å². The molecule has 0 aromatic carbocycles. The standard InChI is InChI=1S/C11H13NO4/c1-5(2)16-12-10(13)8-6-3-4-7(15-6)9(8)11(12)14/h3-9H,1-2H3/t6-,7-,8+,9+/m1/s1. The van der Waals surface area contributed by atoms with Crippen LogP contribution in [0.5, 0.6) is 0 Å². The van der Waals surface area contributed by atoms with Crippen LogP contribution in [-0.2, 0) is 19.2 Å². The Kier molecular flexibility index (Phi) is 1.96. The number of ether oxygens (including phenoxy) is 1. The van der Waals surface area contributed by atoms with Crippen LogP contribution in [0, 0.1) is 11.8 Å². The van der Waals surface area contributed by atoms with Gasteiger partial charge in [-0.15, -0.1) is 0 Å². The topological polar surface area (TPSA) is 55.8 Å². The zero-order chi connectivity index (χ0) is 11.4. The highest BCUT2D eigenvalue weighted by Crippen LogP contribution is 2.45. The van der Waals surface area contributed by atoms with Gasteiger partial charge in [0.2, 0.25) is 0 Å². The average Bonchev–Trinajstić information content (AvgIpc) is 2.87. The molecular weight excluding hydrogens is 210 g/mol. The van der Waals surface area contributed by atoms with Gasteiger partial charge >= 0.3 is 0 Å². The Morgan fingerprint density at radius 2 is 1.69 bits per heavy atom. The van der Waals surface area contributed by atoms with Crippen LogP contribution in [0.2, 0.25) is 0 Å². The maximum absolute atomic E-state index is 12.0. The molecule has 0 aromatic heterocycles. The molecule has 5 nitrogen and oxygen atoms in total. The highest BCUT2D eigenvalue weighted by Gasteiger charge is 2.61. The number of imide groups is 1. The van der Waals surface area contributed by atoms with Crippen molar-refractivity contribution in [1.82, 2.24) is 5.06 Å². The lowest BCUT2D eigenvalue weighted by Gasteiger charge is -2.18. The highest BCUT2D eigenvalue weighted by atomic mass is 16.7. The van der Waals surface area contributed by atoms with Crippen molar-refractivity contribution in [3.63, 3.8) is 0 Å². The van der Waals surface area contributed by atoms with E-state index in [0.717, 1.165) is 5.06 Å². The Morgan fingerprint density at radius 3 is 2.12 bits per heavy atom. The predicted octanol–water partition coefficient (Wildman–Crippen LogP) is 0.265. The molecule has 3 aliphatic heterocycles. The first-order chi connectivity index (χ1) is 7.59. The van der Waals surface area contributed by atoms with Crippen LogP contribution in [-0.4, -0.2) is 35.2 Å². The van der Waals surface area contributed by atoms with Crippen LogP contribution in [0.25, 0.3) is 0 Å². The van der Waals surface area contributed by atoms with Gasteiger partial charge in [0.1, 0.15) is 0 Å². The zero-order valence-electron chi connectivity index (χ0n) is 9.12. The molecule has 16 heavy (non-hydrogen) atoms. The third-order valence-corrected chi connectivity index (χ3v) is 3.19. The van der Waals surface area contributed by atoms with Crippen molar-refractivity contribution in [2.24, 2.45) is 11.8 Å². The Morgan fingerprint density at radius 1 is 1.19 bits per heavy atom. The minimum absolute atomic E-state index is 0.182. The summed E-state index contributed by atoms with van der Waals surface area (Å²) in [4.78, 5) is 29.2. The van der Waals surface area contributed by atoms with Crippen molar-refractivity contribution in [2.75, 3.05) is 0 Å². The summed E-state index contributed by atoms with van der Waals surface area (Å²) < 4.78 is 5.50. The smallest absolute Gasteiger partial charge is 0.260 e. The lowest BCUT2D eigenvalue weighted by Crippen LogP contribution is -2.36. The lowest BCUT2D eigenvalue weighted by molar-refractivity contribution is -0.202. The summed E-state index contributed by atoms with van der Waals surface area (Å²) in [5.74, 6) is -1.27. The fourth-order valence-corrected chi connectivity index (χ4v) is 2.59. The molecule has 4 atom stereocenters. The molecule has 0 saturated carbocycles. The van der Waals surface area contributed by atoms with E-state index in [4.69, 9.17) is 9.57 Å². The second-order valence-corrected chi connectivity index (χ2v) is 4.63. The average molecular weight is 223 g/mol. The monoisotopic (exact) mass is 223 g/mol. The molecular formula is C11H13NO4. The van der Waals surface area contributed by atoms with E-state index in [9.17, 15) is 9.59 Å². The van der Waals surface area contributed by atoms with Gasteiger partial charge in [-0.3, -0.25) is 14.4 Å². The normalized spacial score (nSPS) is 40.3. The number of hydrogen-bond donors (Lipinski definition) is 0. The van der Waals surface area contributed by atoms with Gasteiger partial charge in [-0.1, -0.05) is 12.2 Å². The molecule has 2 saturated heterocycles. The molecule has 2 bridgehead atoms. The maximum atomic E-state index is 12.0. The molecule has 3 heterocycles. The molecule has 2 fully saturated rings. The van der Waals surface area contributed by atoms with Crippen molar-refractivity contribution in [3.05, 3.63) is 12.2 Å². The Labute approximate surface area is 92.9 Å². The Hall–Kier alpha value is -1.20. The van der Waals surface area contributed by atoms with Crippen molar-refractivity contribution in [3.8, 4) is 0 Å². The molecule has 0 aliphatic carbocycles. The Balaban J connectivity index is 1.89. The summed E-state index contributed by atoms with van der Waals surface area (Å²) in [5.41, 5.74) is 0. The fraction of sp³-hybridized carbons (Fsp3) is 0.636. The fourth-order valence-electron chi connectivity index (χ4n) is 2.59. The van der Waals surface area contributed by atoms with Crippen molar-refractivity contribution < 1.29 is 19.2 Å². The number of carbonyl (C=O) groups is 2. The molecule has 3 rings (SSSR count). The van der Waals surface area contributed by atoms with Gasteiger partial charge in [-0.2, -0.15) is 5.06 Å². The minimum Gasteiger partial charge on any atom is -0.365 e. The van der Waals surface area contributed by atoms with Crippen LogP contribution < -0.4 is 0 Å². The third kappa shape index (κ3) is 1.13. The molecule has 5 heteroatoms. The molecule has 0 radical (unpaired) electrons. The van der Waals surface area contributed by atoms with Gasteiger partial charge in [0.05, 0.1) is 30.1 Å². The first-order valence-corrected chi connectivity index (χ1v) is 5.48. The van der Waals surface area contributed by atoms with Gasteiger partial charge in [0.25, 0.3) is 11.8 Å². The number of nitrogens with zero attached hydrogens (tertiary/aromatic N) is 1. The van der Waals surface area contributed by atoms with E-state index in [1.54, 1.807) is 13.8 Å². The maximum Gasteiger partial charge on any atom is 0.260 e. The van der Waals surface area contributed by atoms with Crippen LogP contribution >= 0.6 is 0 Å². The molecule has 0 N–H and O–H groups in total. The summed E-state index contributed by atoms with van der Waals surface area (Å²) in [5, 5.41) is 0.926. The van der Waals surface area contributed by atoms with Gasteiger partial charge in [-0.05, 0) is 13.8 Å². The number of fused-ring (bicyclic) bond motifs is 5. The van der Waals surface area contributed by atoms with Gasteiger partial charge < -0.3 is 4.74 Å². The quantitative estimate of drug-likeness (QED) is 0.498. The minimum atomic E-state index is -0.374. The van der Waals surface area contributed by atoms with Gasteiger partial charge in [0.15, 0.2) is 0 Å². The van der Waals surface area contributed by atoms with Gasteiger partial charge in [-0.25, -0.2) is 0 Å². The van der Waals surface area contributed by atoms with E-state index >= 15 is 0 Å². The van der Waals surface area contributed by atoms with E-state index in [-0.39, 0.29) is 42.0 Å². The summed E-state index contributed by atoms with van der Waals surface area (Å²) in [6.07, 6.45) is 3.05. The molecule has 86 valence electrons. The van der Waals surface area contributed by atoms with E-state index in [1.165, 1.54) is 0 Å². The summed E-state index contributed by atoms with van der Waals surface area (Å²) in [6.45, 7) is 3.58. The van der Waals surface area contributed by atoms with Crippen molar-refractivity contribution >= 4 is 11.8 Å². The largest absolute Gasteiger partial charge is 0.365 e.